The van der Waals surface area contributed by atoms with Gasteiger partial charge in [0, 0.05) is 12.6 Å². The number of sulfone groups is 1. The van der Waals surface area contributed by atoms with Gasteiger partial charge in [-0.25, -0.2) is 18.4 Å². The van der Waals surface area contributed by atoms with Gasteiger partial charge in [0.05, 0.1) is 41.7 Å². The molecule has 2 fully saturated rings. The van der Waals surface area contributed by atoms with Gasteiger partial charge in [-0.15, -0.1) is 0 Å². The van der Waals surface area contributed by atoms with Crippen molar-refractivity contribution >= 4 is 26.7 Å². The first-order valence-corrected chi connectivity index (χ1v) is 12.0. The highest BCUT2D eigenvalue weighted by Gasteiger charge is 2.35. The molecule has 0 saturated carbocycles. The molecule has 3 aromatic rings. The number of rotatable bonds is 3. The molecular formula is C21H25N5O3S. The molecule has 2 saturated heterocycles. The number of hydrogen-bond acceptors (Lipinski definition) is 7. The molecular weight excluding hydrogens is 402 g/mol. The van der Waals surface area contributed by atoms with Crippen molar-refractivity contribution in [1.82, 2.24) is 19.5 Å². The van der Waals surface area contributed by atoms with Crippen LogP contribution in [0, 0.1) is 6.92 Å². The standard InChI is InChI=1S/C21H25N5O3S/c1-14-13-29-10-9-25(14)20-12-17(19-8-5-11-30(19,27)28)23-21(24-20)26-15(2)22-16-6-3-4-7-18(16)26/h3-4,6-7,12,14,19H,5,8-11,13H2,1-2H3/t14-,19?/m1/s1. The van der Waals surface area contributed by atoms with Crippen molar-refractivity contribution in [2.24, 2.45) is 0 Å². The molecule has 2 atom stereocenters. The molecule has 2 aliphatic heterocycles. The fourth-order valence-electron chi connectivity index (χ4n) is 4.44. The van der Waals surface area contributed by atoms with Crippen LogP contribution >= 0.6 is 0 Å². The Kier molecular flexibility index (Phi) is 4.74. The molecule has 2 aliphatic rings. The van der Waals surface area contributed by atoms with E-state index in [1.54, 1.807) is 0 Å². The van der Waals surface area contributed by atoms with Crippen LogP contribution in [0.5, 0.6) is 0 Å². The molecule has 1 aromatic carbocycles. The highest BCUT2D eigenvalue weighted by molar-refractivity contribution is 7.91. The fraction of sp³-hybridized carbons (Fsp3) is 0.476. The molecule has 0 bridgehead atoms. The normalized spacial score (nSPS) is 23.9. The predicted octanol–water partition coefficient (Wildman–Crippen LogP) is 2.60. The van der Waals surface area contributed by atoms with Gasteiger partial charge in [0.25, 0.3) is 0 Å². The van der Waals surface area contributed by atoms with Crippen LogP contribution in [0.2, 0.25) is 0 Å². The Hall–Kier alpha value is -2.52. The molecule has 30 heavy (non-hydrogen) atoms. The lowest BCUT2D eigenvalue weighted by Gasteiger charge is -2.34. The predicted molar refractivity (Wildman–Crippen MR) is 115 cm³/mol. The zero-order valence-electron chi connectivity index (χ0n) is 17.2. The molecule has 8 nitrogen and oxygen atoms in total. The molecule has 2 aromatic heterocycles. The van der Waals surface area contributed by atoms with Crippen LogP contribution < -0.4 is 4.90 Å². The van der Waals surface area contributed by atoms with Crippen LogP contribution in [0.1, 0.15) is 36.5 Å². The first kappa shape index (κ1) is 19.4. The summed E-state index contributed by atoms with van der Waals surface area (Å²) in [6.45, 7) is 5.94. The molecule has 9 heteroatoms. The topological polar surface area (TPSA) is 90.2 Å². The summed E-state index contributed by atoms with van der Waals surface area (Å²) in [5.74, 6) is 2.19. The minimum absolute atomic E-state index is 0.148. The third-order valence-corrected chi connectivity index (χ3v) is 8.17. The van der Waals surface area contributed by atoms with E-state index in [1.807, 2.05) is 41.8 Å². The van der Waals surface area contributed by atoms with Gasteiger partial charge in [0.15, 0.2) is 9.84 Å². The molecule has 5 rings (SSSR count). The largest absolute Gasteiger partial charge is 0.377 e. The van der Waals surface area contributed by atoms with Gasteiger partial charge in [-0.05, 0) is 38.8 Å². The Labute approximate surface area is 175 Å². The lowest BCUT2D eigenvalue weighted by Crippen LogP contribution is -2.44. The van der Waals surface area contributed by atoms with E-state index in [0.29, 0.717) is 44.2 Å². The quantitative estimate of drug-likeness (QED) is 0.635. The number of morpholine rings is 1. The number of aryl methyl sites for hydroxylation is 1. The number of fused-ring (bicyclic) bond motifs is 1. The van der Waals surface area contributed by atoms with Crippen molar-refractivity contribution in [2.45, 2.75) is 38.0 Å². The third-order valence-electron chi connectivity index (χ3n) is 5.97. The van der Waals surface area contributed by atoms with Crippen molar-refractivity contribution in [3.8, 4) is 5.95 Å². The first-order valence-electron chi connectivity index (χ1n) is 10.3. The number of nitrogens with zero attached hydrogens (tertiary/aromatic N) is 5. The van der Waals surface area contributed by atoms with E-state index in [2.05, 4.69) is 16.8 Å². The molecule has 0 spiro atoms. The van der Waals surface area contributed by atoms with E-state index in [-0.39, 0.29) is 11.8 Å². The summed E-state index contributed by atoms with van der Waals surface area (Å²) in [6.07, 6.45) is 1.27. The van der Waals surface area contributed by atoms with E-state index in [1.165, 1.54) is 0 Å². The minimum Gasteiger partial charge on any atom is -0.377 e. The third kappa shape index (κ3) is 3.26. The van der Waals surface area contributed by atoms with Crippen molar-refractivity contribution in [3.05, 3.63) is 41.9 Å². The summed E-state index contributed by atoms with van der Waals surface area (Å²) >= 11 is 0. The maximum atomic E-state index is 12.7. The van der Waals surface area contributed by atoms with Gasteiger partial charge in [0.1, 0.15) is 16.9 Å². The Morgan fingerprint density at radius 1 is 1.17 bits per heavy atom. The van der Waals surface area contributed by atoms with Gasteiger partial charge < -0.3 is 9.64 Å². The summed E-state index contributed by atoms with van der Waals surface area (Å²) in [4.78, 5) is 16.4. The smallest absolute Gasteiger partial charge is 0.237 e. The van der Waals surface area contributed by atoms with Crippen molar-refractivity contribution in [1.29, 1.82) is 0 Å². The highest BCUT2D eigenvalue weighted by atomic mass is 32.2. The van der Waals surface area contributed by atoms with Crippen LogP contribution in [0.25, 0.3) is 17.0 Å². The summed E-state index contributed by atoms with van der Waals surface area (Å²) in [6, 6.07) is 9.84. The molecule has 0 N–H and O–H groups in total. The van der Waals surface area contributed by atoms with Crippen LogP contribution in [0.3, 0.4) is 0 Å². The van der Waals surface area contributed by atoms with E-state index >= 15 is 0 Å². The Morgan fingerprint density at radius 2 is 2.00 bits per heavy atom. The van der Waals surface area contributed by atoms with Crippen LogP contribution in [-0.4, -0.2) is 59.5 Å². The molecule has 0 aliphatic carbocycles. The number of para-hydroxylation sites is 2. The summed E-state index contributed by atoms with van der Waals surface area (Å²) in [7, 11) is -3.20. The van der Waals surface area contributed by atoms with Gasteiger partial charge in [-0.1, -0.05) is 12.1 Å². The van der Waals surface area contributed by atoms with Crippen molar-refractivity contribution < 1.29 is 13.2 Å². The number of hydrogen-bond donors (Lipinski definition) is 0. The minimum atomic E-state index is -3.20. The summed E-state index contributed by atoms with van der Waals surface area (Å²) < 4.78 is 32.8. The number of anilines is 1. The number of benzene rings is 1. The molecule has 0 radical (unpaired) electrons. The Balaban J connectivity index is 1.71. The molecule has 158 valence electrons. The summed E-state index contributed by atoms with van der Waals surface area (Å²) in [5, 5.41) is -0.579. The second-order valence-electron chi connectivity index (χ2n) is 8.05. The van der Waals surface area contributed by atoms with Crippen molar-refractivity contribution in [3.63, 3.8) is 0 Å². The van der Waals surface area contributed by atoms with E-state index in [4.69, 9.17) is 14.7 Å². The monoisotopic (exact) mass is 427 g/mol. The zero-order chi connectivity index (χ0) is 20.9. The second kappa shape index (κ2) is 7.31. The van der Waals surface area contributed by atoms with Gasteiger partial charge >= 0.3 is 0 Å². The van der Waals surface area contributed by atoms with Crippen molar-refractivity contribution in [2.75, 3.05) is 30.4 Å². The molecule has 4 heterocycles. The Bertz CT molecular complexity index is 1210. The maximum absolute atomic E-state index is 12.7. The Morgan fingerprint density at radius 3 is 2.77 bits per heavy atom. The first-order chi connectivity index (χ1) is 14.4. The van der Waals surface area contributed by atoms with Crippen LogP contribution in [-0.2, 0) is 14.6 Å². The van der Waals surface area contributed by atoms with Gasteiger partial charge in [-0.3, -0.25) is 4.57 Å². The van der Waals surface area contributed by atoms with E-state index < -0.39 is 15.1 Å². The average molecular weight is 428 g/mol. The lowest BCUT2D eigenvalue weighted by molar-refractivity contribution is 0.0985. The number of aromatic nitrogens is 4. The van der Waals surface area contributed by atoms with Crippen LogP contribution in [0.15, 0.2) is 30.3 Å². The van der Waals surface area contributed by atoms with E-state index in [0.717, 1.165) is 22.7 Å². The van der Waals surface area contributed by atoms with E-state index in [9.17, 15) is 8.42 Å². The molecule has 0 amide bonds. The average Bonchev–Trinajstić information content (AvgIpc) is 3.25. The summed E-state index contributed by atoms with van der Waals surface area (Å²) in [5.41, 5.74) is 2.34. The zero-order valence-corrected chi connectivity index (χ0v) is 18.0. The van der Waals surface area contributed by atoms with Gasteiger partial charge in [-0.2, -0.15) is 4.98 Å². The van der Waals surface area contributed by atoms with Gasteiger partial charge in [0.2, 0.25) is 5.95 Å². The van der Waals surface area contributed by atoms with Crippen LogP contribution in [0.4, 0.5) is 5.82 Å². The molecule has 1 unspecified atom stereocenters. The highest BCUT2D eigenvalue weighted by Crippen LogP contribution is 2.35. The SMILES string of the molecule is Cc1nc2ccccc2n1-c1nc(C2CCCS2(=O)=O)cc(N2CCOC[C@H]2C)n1. The maximum Gasteiger partial charge on any atom is 0.237 e. The number of ether oxygens (including phenoxy) is 1. The number of imidazole rings is 1. The second-order valence-corrected chi connectivity index (χ2v) is 10.4. The fourth-order valence-corrected chi connectivity index (χ4v) is 6.31. The lowest BCUT2D eigenvalue weighted by atomic mass is 10.2.